The van der Waals surface area contributed by atoms with Crippen LogP contribution in [-0.4, -0.2) is 79.7 Å². The molecule has 25 heavy (non-hydrogen) atoms. The molecule has 1 fully saturated rings. The third kappa shape index (κ3) is 10.1. The molecule has 2 N–H and O–H groups in total. The average molecular weight is 442 g/mol. The molecule has 1 aliphatic rings. The summed E-state index contributed by atoms with van der Waals surface area (Å²) in [6.07, 6.45) is -1.38. The molecule has 0 aliphatic carbocycles. The normalized spacial score (nSPS) is 27.2. The second kappa shape index (κ2) is 14.0. The largest absolute Gasteiger partial charge is 1.00 e. The monoisotopic (exact) mass is 441 g/mol. The van der Waals surface area contributed by atoms with Crippen molar-refractivity contribution >= 4 is 0 Å². The van der Waals surface area contributed by atoms with Gasteiger partial charge in [-0.3, -0.25) is 0 Å². The number of hydrogen-bond donors (Lipinski definition) is 2. The van der Waals surface area contributed by atoms with Crippen LogP contribution in [0.2, 0.25) is 0 Å². The van der Waals surface area contributed by atoms with Crippen LogP contribution in [0.1, 0.15) is 25.7 Å². The van der Waals surface area contributed by atoms with E-state index in [0.717, 1.165) is 52.0 Å². The van der Waals surface area contributed by atoms with Crippen molar-refractivity contribution in [1.29, 1.82) is 0 Å². The Morgan fingerprint density at radius 3 is 1.96 bits per heavy atom. The topological polar surface area (TPSA) is 30.5 Å². The average Bonchev–Trinajstić information content (AvgIpc) is 2.46. The van der Waals surface area contributed by atoms with Gasteiger partial charge in [0.2, 0.25) is 0 Å². The summed E-state index contributed by atoms with van der Waals surface area (Å²) in [4.78, 5) is 3.68. The standard InChI is InChI=1S/C15H30F3N4.2ClH.Ti/c1-21-11-4-9-19-7-3-8-20-10-6-14(15(16,17)18)22(2)13-5-12-21;;;/h19-20H,3-13H2,1-2H3;2*1H;/q;;;+2/p-2. The summed E-state index contributed by atoms with van der Waals surface area (Å²) >= 11 is 1.32. The van der Waals surface area contributed by atoms with Crippen LogP contribution in [0.3, 0.4) is 0 Å². The fraction of sp³-hybridized carbons (Fsp3) is 1.00. The summed E-state index contributed by atoms with van der Waals surface area (Å²) in [5.74, 6) is 0. The van der Waals surface area contributed by atoms with E-state index in [4.69, 9.17) is 0 Å². The van der Waals surface area contributed by atoms with Crippen LogP contribution in [0.25, 0.3) is 0 Å². The van der Waals surface area contributed by atoms with Gasteiger partial charge in [-0.2, -0.15) is 0 Å². The third-order valence-electron chi connectivity index (χ3n) is 4.42. The molecule has 0 aromatic heterocycles. The Balaban J connectivity index is 0. The van der Waals surface area contributed by atoms with Crippen LogP contribution in [0.15, 0.2) is 0 Å². The van der Waals surface area contributed by atoms with Crippen molar-refractivity contribution in [2.24, 2.45) is 0 Å². The molecule has 0 amide bonds. The fourth-order valence-electron chi connectivity index (χ4n) is 2.76. The maximum atomic E-state index is 13.6. The van der Waals surface area contributed by atoms with E-state index in [1.807, 2.05) is 7.05 Å². The molecule has 10 heteroatoms. The van der Waals surface area contributed by atoms with Crippen LogP contribution >= 0.6 is 0 Å². The Hall–Kier alpha value is 0.924. The van der Waals surface area contributed by atoms with Gasteiger partial charge in [-0.25, -0.2) is 0 Å². The Bertz CT molecular complexity index is 340. The SMILES string of the molecule is CN1CCCNCCCNCC[C]([Ti+2])(C(F)(F)F)N(C)CCC1.[Cl-].[Cl-]. The maximum Gasteiger partial charge on any atom is -1.00 e. The number of nitrogens with zero attached hydrogens (tertiary/aromatic N) is 2. The number of halogens is 5. The van der Waals surface area contributed by atoms with Crippen LogP contribution in [-0.2, 0) is 20.4 Å². The van der Waals surface area contributed by atoms with Gasteiger partial charge >= 0.3 is 150 Å². The quantitative estimate of drug-likeness (QED) is 0.370. The molecule has 0 saturated carbocycles. The molecule has 0 spiro atoms. The van der Waals surface area contributed by atoms with Gasteiger partial charge in [0, 0.05) is 0 Å². The smallest absolute Gasteiger partial charge is 1.00 e. The minimum atomic E-state index is -4.22. The molecule has 1 aliphatic heterocycles. The van der Waals surface area contributed by atoms with Crippen LogP contribution in [0.4, 0.5) is 13.2 Å². The molecule has 1 unspecified atom stereocenters. The number of alkyl halides is 3. The molecule has 0 bridgehead atoms. The van der Waals surface area contributed by atoms with Gasteiger partial charge in [-0.1, -0.05) is 0 Å². The van der Waals surface area contributed by atoms with Crippen LogP contribution in [0.5, 0.6) is 0 Å². The summed E-state index contributed by atoms with van der Waals surface area (Å²) in [6, 6.07) is 0. The van der Waals surface area contributed by atoms with Crippen molar-refractivity contribution in [2.45, 2.75) is 35.7 Å². The Labute approximate surface area is 174 Å². The van der Waals surface area contributed by atoms with Gasteiger partial charge in [0.25, 0.3) is 0 Å². The molecule has 149 valence electrons. The minimum absolute atomic E-state index is 0. The second-order valence-corrected chi connectivity index (χ2v) is 7.69. The van der Waals surface area contributed by atoms with Crippen molar-refractivity contribution in [3.63, 3.8) is 0 Å². The first kappa shape index (κ1) is 28.1. The summed E-state index contributed by atoms with van der Waals surface area (Å²) in [5.41, 5.74) is 0. The molecule has 0 aromatic carbocycles. The van der Waals surface area contributed by atoms with Gasteiger partial charge in [-0.05, 0) is 0 Å². The number of nitrogens with one attached hydrogen (secondary N) is 2. The van der Waals surface area contributed by atoms with Crippen molar-refractivity contribution in [3.8, 4) is 0 Å². The minimum Gasteiger partial charge on any atom is -1.00 e. The first-order valence-electron chi connectivity index (χ1n) is 8.40. The van der Waals surface area contributed by atoms with E-state index in [-0.39, 0.29) is 31.2 Å². The van der Waals surface area contributed by atoms with E-state index >= 15 is 0 Å². The van der Waals surface area contributed by atoms with E-state index in [1.165, 1.54) is 25.3 Å². The van der Waals surface area contributed by atoms with Crippen molar-refractivity contribution in [3.05, 3.63) is 0 Å². The van der Waals surface area contributed by atoms with E-state index in [1.54, 1.807) is 7.05 Å². The molecule has 1 rings (SSSR count). The van der Waals surface area contributed by atoms with Crippen LogP contribution in [0, 0.1) is 0 Å². The van der Waals surface area contributed by atoms with Gasteiger partial charge in [0.1, 0.15) is 0 Å². The molecule has 0 radical (unpaired) electrons. The first-order chi connectivity index (χ1) is 10.8. The predicted octanol–water partition coefficient (Wildman–Crippen LogP) is -4.58. The number of rotatable bonds is 0. The molecular formula is C15H30Cl2F3N4Ti. The van der Waals surface area contributed by atoms with Crippen molar-refractivity contribution < 1.29 is 58.4 Å². The number of hydrogen-bond acceptors (Lipinski definition) is 4. The van der Waals surface area contributed by atoms with E-state index < -0.39 is 10.0 Å². The zero-order chi connectivity index (χ0) is 17.3. The van der Waals surface area contributed by atoms with Gasteiger partial charge in [0.15, 0.2) is 0 Å². The zero-order valence-electron chi connectivity index (χ0n) is 15.1. The summed E-state index contributed by atoms with van der Waals surface area (Å²) in [7, 11) is 3.64. The van der Waals surface area contributed by atoms with Gasteiger partial charge < -0.3 is 24.8 Å². The summed E-state index contributed by atoms with van der Waals surface area (Å²) in [5, 5.41) is 6.53. The Morgan fingerprint density at radius 2 is 1.36 bits per heavy atom. The molecular weight excluding hydrogens is 412 g/mol. The first-order valence-corrected chi connectivity index (χ1v) is 9.18. The fourth-order valence-corrected chi connectivity index (χ4v) is 3.13. The molecule has 0 aromatic rings. The van der Waals surface area contributed by atoms with Crippen LogP contribution < -0.4 is 35.4 Å². The summed E-state index contributed by atoms with van der Waals surface area (Å²) < 4.78 is 38.9. The van der Waals surface area contributed by atoms with Crippen molar-refractivity contribution in [1.82, 2.24) is 20.4 Å². The Morgan fingerprint density at radius 1 is 0.840 bits per heavy atom. The van der Waals surface area contributed by atoms with E-state index in [2.05, 4.69) is 15.5 Å². The molecule has 1 saturated heterocycles. The zero-order valence-corrected chi connectivity index (χ0v) is 18.1. The Kier molecular flexibility index (Phi) is 15.8. The van der Waals surface area contributed by atoms with E-state index in [9.17, 15) is 13.2 Å². The van der Waals surface area contributed by atoms with E-state index in [0.29, 0.717) is 13.1 Å². The predicted molar refractivity (Wildman–Crippen MR) is 83.1 cm³/mol. The van der Waals surface area contributed by atoms with Gasteiger partial charge in [0.05, 0.1) is 0 Å². The maximum absolute atomic E-state index is 13.6. The van der Waals surface area contributed by atoms with Gasteiger partial charge in [-0.15, -0.1) is 0 Å². The molecule has 1 heterocycles. The third-order valence-corrected chi connectivity index (χ3v) is 5.85. The second-order valence-electron chi connectivity index (χ2n) is 6.39. The van der Waals surface area contributed by atoms with Crippen molar-refractivity contribution in [2.75, 3.05) is 59.9 Å². The summed E-state index contributed by atoms with van der Waals surface area (Å²) in [6.45, 7) is 5.31. The molecule has 1 atom stereocenters. The molecule has 4 nitrogen and oxygen atoms in total.